The van der Waals surface area contributed by atoms with Crippen molar-refractivity contribution in [1.29, 1.82) is 0 Å². The first-order valence-electron chi connectivity index (χ1n) is 8.08. The smallest absolute Gasteiger partial charge is 0.312 e. The third-order valence-electron chi connectivity index (χ3n) is 3.40. The molecule has 3 N–H and O–H groups in total. The van der Waals surface area contributed by atoms with Crippen molar-refractivity contribution in [3.63, 3.8) is 0 Å². The Bertz CT molecular complexity index is 705. The molecular weight excluding hydrogens is 366 g/mol. The van der Waals surface area contributed by atoms with Crippen molar-refractivity contribution >= 4 is 23.8 Å². The third-order valence-corrected chi connectivity index (χ3v) is 3.40. The van der Waals surface area contributed by atoms with Gasteiger partial charge in [-0.15, -0.1) is 0 Å². The van der Waals surface area contributed by atoms with E-state index in [1.165, 1.54) is 6.92 Å². The van der Waals surface area contributed by atoms with Gasteiger partial charge < -0.3 is 20.5 Å². The minimum atomic E-state index is -1.66. The van der Waals surface area contributed by atoms with E-state index in [1.54, 1.807) is 6.92 Å². The summed E-state index contributed by atoms with van der Waals surface area (Å²) in [5, 5.41) is 2.12. The highest BCUT2D eigenvalue weighted by atomic mass is 19.1. The van der Waals surface area contributed by atoms with Crippen LogP contribution in [0.15, 0.2) is 18.2 Å². The molecule has 0 heterocycles. The summed E-state index contributed by atoms with van der Waals surface area (Å²) in [6, 6.07) is 0.375. The third kappa shape index (κ3) is 6.65. The van der Waals surface area contributed by atoms with E-state index in [0.29, 0.717) is 6.07 Å². The summed E-state index contributed by atoms with van der Waals surface area (Å²) in [5.74, 6) is -7.46. The fraction of sp³-hybridized carbons (Fsp3) is 0.412. The van der Waals surface area contributed by atoms with Crippen LogP contribution in [-0.4, -0.2) is 43.0 Å². The number of hydrogen-bond acceptors (Lipinski definition) is 6. The lowest BCUT2D eigenvalue weighted by Gasteiger charge is -2.23. The molecule has 0 spiro atoms. The van der Waals surface area contributed by atoms with Crippen molar-refractivity contribution in [2.75, 3.05) is 13.2 Å². The van der Waals surface area contributed by atoms with Gasteiger partial charge in [-0.05, 0) is 26.0 Å². The van der Waals surface area contributed by atoms with Crippen molar-refractivity contribution in [2.45, 2.75) is 26.3 Å². The minimum absolute atomic E-state index is 0.0323. The van der Waals surface area contributed by atoms with Gasteiger partial charge in [0.2, 0.25) is 5.91 Å². The molecular formula is C17H20F2N2O6. The van der Waals surface area contributed by atoms with E-state index >= 15 is 0 Å². The molecule has 0 aromatic heterocycles. The second-order valence-electron chi connectivity index (χ2n) is 5.38. The van der Waals surface area contributed by atoms with Gasteiger partial charge in [0.05, 0.1) is 25.6 Å². The molecule has 0 aliphatic rings. The maximum Gasteiger partial charge on any atom is 0.312 e. The Labute approximate surface area is 154 Å². The predicted molar refractivity (Wildman–Crippen MR) is 88.2 cm³/mol. The van der Waals surface area contributed by atoms with E-state index in [2.05, 4.69) is 5.32 Å². The summed E-state index contributed by atoms with van der Waals surface area (Å²) >= 11 is 0. The van der Waals surface area contributed by atoms with Crippen LogP contribution in [0, 0.1) is 17.6 Å². The molecule has 1 aromatic carbocycles. The quantitative estimate of drug-likeness (QED) is 0.602. The lowest BCUT2D eigenvalue weighted by atomic mass is 9.95. The monoisotopic (exact) mass is 386 g/mol. The van der Waals surface area contributed by atoms with E-state index < -0.39 is 59.3 Å². The SMILES string of the molecule is CCOC(=O)C[C@H](C(=O)OCC)[C@@H](NC(=O)c1cc(F)cc(F)c1)C(N)=O. The molecule has 0 aliphatic carbocycles. The number of halogens is 2. The number of carbonyl (C=O) groups is 4. The molecule has 27 heavy (non-hydrogen) atoms. The zero-order valence-corrected chi connectivity index (χ0v) is 14.8. The summed E-state index contributed by atoms with van der Waals surface area (Å²) < 4.78 is 36.1. The molecule has 0 bridgehead atoms. The van der Waals surface area contributed by atoms with Crippen molar-refractivity contribution in [2.24, 2.45) is 11.7 Å². The first kappa shape index (κ1) is 22.0. The van der Waals surface area contributed by atoms with Crippen LogP contribution in [0.4, 0.5) is 8.78 Å². The van der Waals surface area contributed by atoms with Gasteiger partial charge in [0.25, 0.3) is 5.91 Å². The van der Waals surface area contributed by atoms with Crippen molar-refractivity contribution in [3.05, 3.63) is 35.4 Å². The van der Waals surface area contributed by atoms with Crippen LogP contribution in [0.1, 0.15) is 30.6 Å². The van der Waals surface area contributed by atoms with Gasteiger partial charge in [-0.2, -0.15) is 0 Å². The van der Waals surface area contributed by atoms with Gasteiger partial charge >= 0.3 is 11.9 Å². The van der Waals surface area contributed by atoms with E-state index in [-0.39, 0.29) is 13.2 Å². The molecule has 148 valence electrons. The Hall–Kier alpha value is -3.04. The maximum atomic E-state index is 13.3. The van der Waals surface area contributed by atoms with Crippen LogP contribution in [0.25, 0.3) is 0 Å². The average molecular weight is 386 g/mol. The van der Waals surface area contributed by atoms with Gasteiger partial charge in [-0.1, -0.05) is 0 Å². The topological polar surface area (TPSA) is 125 Å². The first-order chi connectivity index (χ1) is 12.7. The van der Waals surface area contributed by atoms with Crippen molar-refractivity contribution in [1.82, 2.24) is 5.32 Å². The number of hydrogen-bond donors (Lipinski definition) is 2. The van der Waals surface area contributed by atoms with Crippen LogP contribution < -0.4 is 11.1 Å². The molecule has 1 aromatic rings. The Balaban J connectivity index is 3.11. The fourth-order valence-electron chi connectivity index (χ4n) is 2.27. The molecule has 0 radical (unpaired) electrons. The maximum absolute atomic E-state index is 13.3. The molecule has 1 rings (SSSR count). The molecule has 2 atom stereocenters. The molecule has 0 saturated heterocycles. The van der Waals surface area contributed by atoms with Gasteiger partial charge in [-0.3, -0.25) is 19.2 Å². The molecule has 0 unspecified atom stereocenters. The van der Waals surface area contributed by atoms with E-state index in [4.69, 9.17) is 15.2 Å². The number of ether oxygens (including phenoxy) is 2. The Morgan fingerprint density at radius 1 is 1.04 bits per heavy atom. The summed E-state index contributed by atoms with van der Waals surface area (Å²) in [6.07, 6.45) is -0.585. The molecule has 2 amide bonds. The lowest BCUT2D eigenvalue weighted by Crippen LogP contribution is -2.52. The number of rotatable bonds is 9. The van der Waals surface area contributed by atoms with Crippen LogP contribution in [0.5, 0.6) is 0 Å². The summed E-state index contributed by atoms with van der Waals surface area (Å²) in [7, 11) is 0. The normalized spacial score (nSPS) is 12.6. The number of carbonyl (C=O) groups excluding carboxylic acids is 4. The number of benzene rings is 1. The fourth-order valence-corrected chi connectivity index (χ4v) is 2.27. The van der Waals surface area contributed by atoms with E-state index in [1.807, 2.05) is 0 Å². The van der Waals surface area contributed by atoms with E-state index in [0.717, 1.165) is 12.1 Å². The second kappa shape index (κ2) is 10.2. The average Bonchev–Trinajstić information content (AvgIpc) is 2.57. The minimum Gasteiger partial charge on any atom is -0.466 e. The number of nitrogens with two attached hydrogens (primary N) is 1. The zero-order valence-electron chi connectivity index (χ0n) is 14.8. The lowest BCUT2D eigenvalue weighted by molar-refractivity contribution is -0.156. The summed E-state index contributed by atoms with van der Waals surface area (Å²) in [4.78, 5) is 47.9. The highest BCUT2D eigenvalue weighted by Crippen LogP contribution is 2.15. The molecule has 0 saturated carbocycles. The number of nitrogens with one attached hydrogen (secondary N) is 1. The number of esters is 2. The number of primary amides is 1. The van der Waals surface area contributed by atoms with Crippen LogP contribution in [0.2, 0.25) is 0 Å². The van der Waals surface area contributed by atoms with E-state index in [9.17, 15) is 28.0 Å². The Kier molecular flexibility index (Phi) is 8.31. The highest BCUT2D eigenvalue weighted by molar-refractivity contribution is 5.99. The molecule has 0 aliphatic heterocycles. The Morgan fingerprint density at radius 2 is 1.59 bits per heavy atom. The van der Waals surface area contributed by atoms with Crippen molar-refractivity contribution < 1.29 is 37.4 Å². The zero-order chi connectivity index (χ0) is 20.6. The van der Waals surface area contributed by atoms with Gasteiger partial charge in [0.15, 0.2) is 0 Å². The van der Waals surface area contributed by atoms with Crippen LogP contribution in [-0.2, 0) is 23.9 Å². The van der Waals surface area contributed by atoms with Crippen molar-refractivity contribution in [3.8, 4) is 0 Å². The highest BCUT2D eigenvalue weighted by Gasteiger charge is 2.37. The first-order valence-corrected chi connectivity index (χ1v) is 8.08. The standard InChI is InChI=1S/C17H20F2N2O6/c1-3-26-13(22)8-12(17(25)27-4-2)14(15(20)23)21-16(24)9-5-10(18)7-11(19)6-9/h5-7,12,14H,3-4,8H2,1-2H3,(H2,20,23)(H,21,24)/t12-,14+/m0/s1. The predicted octanol–water partition coefficient (Wildman–Crippen LogP) is 0.681. The van der Waals surface area contributed by atoms with Crippen LogP contribution >= 0.6 is 0 Å². The van der Waals surface area contributed by atoms with Gasteiger partial charge in [0, 0.05) is 11.6 Å². The van der Waals surface area contributed by atoms with Gasteiger partial charge in [-0.25, -0.2) is 8.78 Å². The summed E-state index contributed by atoms with van der Waals surface area (Å²) in [5.41, 5.74) is 4.81. The largest absolute Gasteiger partial charge is 0.466 e. The molecule has 8 nitrogen and oxygen atoms in total. The molecule has 0 fully saturated rings. The van der Waals surface area contributed by atoms with Gasteiger partial charge in [0.1, 0.15) is 17.7 Å². The number of amides is 2. The second-order valence-corrected chi connectivity index (χ2v) is 5.38. The Morgan fingerprint density at radius 3 is 2.07 bits per heavy atom. The summed E-state index contributed by atoms with van der Waals surface area (Å²) in [6.45, 7) is 3.03. The molecule has 10 heteroatoms. The van der Waals surface area contributed by atoms with Crippen LogP contribution in [0.3, 0.4) is 0 Å².